The van der Waals surface area contributed by atoms with Crippen molar-refractivity contribution in [2.24, 2.45) is 0 Å². The highest BCUT2D eigenvalue weighted by Gasteiger charge is 2.28. The van der Waals surface area contributed by atoms with Gasteiger partial charge in [0.2, 0.25) is 0 Å². The van der Waals surface area contributed by atoms with Crippen LogP contribution in [0.5, 0.6) is 11.5 Å². The molecule has 1 fully saturated rings. The fourth-order valence-electron chi connectivity index (χ4n) is 1.96. The van der Waals surface area contributed by atoms with Crippen molar-refractivity contribution in [2.45, 2.75) is 6.92 Å². The van der Waals surface area contributed by atoms with Gasteiger partial charge in [-0.3, -0.25) is 9.69 Å². The first-order valence-electron chi connectivity index (χ1n) is 7.24. The van der Waals surface area contributed by atoms with Crippen LogP contribution in [0.25, 0.3) is 6.08 Å². The summed E-state index contributed by atoms with van der Waals surface area (Å²) in [4.78, 5) is 25.4. The number of methoxy groups -OCH3 is 1. The second-order valence-electron chi connectivity index (χ2n) is 4.87. The van der Waals surface area contributed by atoms with Crippen molar-refractivity contribution in [3.8, 4) is 11.5 Å². The summed E-state index contributed by atoms with van der Waals surface area (Å²) >= 11 is 8.49. The van der Waals surface area contributed by atoms with E-state index in [0.29, 0.717) is 27.3 Å². The Bertz CT molecular complexity index is 750. The molecule has 9 heteroatoms. The Balaban J connectivity index is 2.34. The second kappa shape index (κ2) is 8.86. The Hall–Kier alpha value is -1.33. The van der Waals surface area contributed by atoms with Gasteiger partial charge in [0.25, 0.3) is 5.91 Å². The summed E-state index contributed by atoms with van der Waals surface area (Å²) in [7, 11) is 2.95. The van der Waals surface area contributed by atoms with Crippen LogP contribution < -0.4 is 9.47 Å². The molecule has 6 nitrogen and oxygen atoms in total. The number of hydrogen-bond donors (Lipinski definition) is 0. The van der Waals surface area contributed by atoms with E-state index in [1.807, 2.05) is 13.0 Å². The molecule has 134 valence electrons. The number of carbonyl (C=O) groups excluding carboxylic acids is 2. The van der Waals surface area contributed by atoms with E-state index in [1.54, 1.807) is 19.2 Å². The predicted molar refractivity (Wildman–Crippen MR) is 109 cm³/mol. The number of nitrogens with zero attached hydrogens (tertiary/aromatic N) is 1. The normalized spacial score (nSPS) is 15.7. The molecule has 0 radical (unpaired) electrons. The topological polar surface area (TPSA) is 65.1 Å². The molecule has 1 aromatic carbocycles. The highest BCUT2D eigenvalue weighted by Crippen LogP contribution is 2.37. The van der Waals surface area contributed by atoms with E-state index in [0.717, 1.165) is 9.13 Å². The van der Waals surface area contributed by atoms with Crippen molar-refractivity contribution in [2.75, 3.05) is 27.4 Å². The molecule has 0 unspecified atom stereocenters. The number of thiocarbonyl (C=S) groups is 1. The van der Waals surface area contributed by atoms with Crippen LogP contribution in [0.4, 0.5) is 0 Å². The molecule has 0 N–H and O–H groups in total. The number of thioether (sulfide) groups is 1. The average Bonchev–Trinajstić information content (AvgIpc) is 2.81. The smallest absolute Gasteiger partial charge is 0.343 e. The number of halogens is 1. The lowest BCUT2D eigenvalue weighted by Gasteiger charge is -2.14. The van der Waals surface area contributed by atoms with Crippen molar-refractivity contribution in [3.63, 3.8) is 0 Å². The first-order valence-corrected chi connectivity index (χ1v) is 9.55. The van der Waals surface area contributed by atoms with Crippen molar-refractivity contribution < 1.29 is 23.8 Å². The maximum absolute atomic E-state index is 12.1. The molecule has 25 heavy (non-hydrogen) atoms. The SMILES string of the molecule is CCOc1cc(/C=C2\SC(=S)N(C)C2=O)cc(I)c1OCC(=O)OC. The first kappa shape index (κ1) is 20.0. The van der Waals surface area contributed by atoms with Gasteiger partial charge in [-0.05, 0) is 53.3 Å². The van der Waals surface area contributed by atoms with Crippen LogP contribution in [0.15, 0.2) is 17.0 Å². The maximum atomic E-state index is 12.1. The molecule has 1 aromatic rings. The van der Waals surface area contributed by atoms with Gasteiger partial charge in [0.15, 0.2) is 18.1 Å². The fourth-order valence-corrected chi connectivity index (χ4v) is 3.92. The minimum atomic E-state index is -0.478. The summed E-state index contributed by atoms with van der Waals surface area (Å²) in [6, 6.07) is 3.61. The molecular weight excluding hydrogens is 477 g/mol. The Morgan fingerprint density at radius 1 is 1.40 bits per heavy atom. The Morgan fingerprint density at radius 2 is 2.12 bits per heavy atom. The molecule has 1 aliphatic heterocycles. The fraction of sp³-hybridized carbons (Fsp3) is 0.312. The van der Waals surface area contributed by atoms with E-state index >= 15 is 0 Å². The van der Waals surface area contributed by atoms with Crippen LogP contribution in [-0.4, -0.2) is 48.5 Å². The van der Waals surface area contributed by atoms with Crippen LogP contribution in [0, 0.1) is 3.57 Å². The zero-order valence-electron chi connectivity index (χ0n) is 13.8. The largest absolute Gasteiger partial charge is 0.490 e. The second-order valence-corrected chi connectivity index (χ2v) is 7.71. The van der Waals surface area contributed by atoms with Crippen molar-refractivity contribution in [1.29, 1.82) is 0 Å². The van der Waals surface area contributed by atoms with Gasteiger partial charge in [0.1, 0.15) is 4.32 Å². The molecule has 0 aliphatic carbocycles. The number of rotatable bonds is 6. The summed E-state index contributed by atoms with van der Waals surface area (Å²) in [5.41, 5.74) is 0.784. The van der Waals surface area contributed by atoms with Crippen LogP contribution >= 0.6 is 46.6 Å². The Morgan fingerprint density at radius 3 is 2.68 bits per heavy atom. The minimum Gasteiger partial charge on any atom is -0.490 e. The molecule has 0 aromatic heterocycles. The average molecular weight is 493 g/mol. The summed E-state index contributed by atoms with van der Waals surface area (Å²) in [6.45, 7) is 2.08. The third-order valence-electron chi connectivity index (χ3n) is 3.18. The molecule has 0 saturated carbocycles. The predicted octanol–water partition coefficient (Wildman–Crippen LogP) is 3.07. The van der Waals surface area contributed by atoms with Gasteiger partial charge in [-0.1, -0.05) is 24.0 Å². The van der Waals surface area contributed by atoms with Gasteiger partial charge in [-0.15, -0.1) is 0 Å². The Kier molecular flexibility index (Phi) is 7.08. The number of hydrogen-bond acceptors (Lipinski definition) is 7. The van der Waals surface area contributed by atoms with Crippen LogP contribution in [0.1, 0.15) is 12.5 Å². The molecule has 1 aliphatic rings. The van der Waals surface area contributed by atoms with E-state index in [2.05, 4.69) is 27.3 Å². The number of esters is 1. The first-order chi connectivity index (χ1) is 11.9. The van der Waals surface area contributed by atoms with E-state index in [1.165, 1.54) is 23.8 Å². The minimum absolute atomic E-state index is 0.131. The molecule has 1 saturated heterocycles. The lowest BCUT2D eigenvalue weighted by Crippen LogP contribution is -2.22. The third-order valence-corrected chi connectivity index (χ3v) is 5.46. The van der Waals surface area contributed by atoms with E-state index < -0.39 is 5.97 Å². The molecule has 2 rings (SSSR count). The molecule has 1 amide bonds. The van der Waals surface area contributed by atoms with Crippen molar-refractivity contribution >= 4 is 68.8 Å². The van der Waals surface area contributed by atoms with Gasteiger partial charge < -0.3 is 14.2 Å². The lowest BCUT2D eigenvalue weighted by atomic mass is 10.2. The van der Waals surface area contributed by atoms with Gasteiger partial charge in [-0.2, -0.15) is 0 Å². The number of carbonyl (C=O) groups is 2. The zero-order chi connectivity index (χ0) is 18.6. The maximum Gasteiger partial charge on any atom is 0.343 e. The van der Waals surface area contributed by atoms with Crippen molar-refractivity contribution in [1.82, 2.24) is 4.90 Å². The van der Waals surface area contributed by atoms with Crippen LogP contribution in [-0.2, 0) is 14.3 Å². The van der Waals surface area contributed by atoms with Gasteiger partial charge in [0, 0.05) is 7.05 Å². The van der Waals surface area contributed by atoms with Crippen LogP contribution in [0.2, 0.25) is 0 Å². The highest BCUT2D eigenvalue weighted by atomic mass is 127. The van der Waals surface area contributed by atoms with E-state index in [-0.39, 0.29) is 12.5 Å². The quantitative estimate of drug-likeness (QED) is 0.261. The number of likely N-dealkylation sites (N-methyl/N-ethyl adjacent to an activating group) is 1. The molecule has 0 atom stereocenters. The monoisotopic (exact) mass is 493 g/mol. The third kappa shape index (κ3) is 4.85. The highest BCUT2D eigenvalue weighted by molar-refractivity contribution is 14.1. The van der Waals surface area contributed by atoms with Gasteiger partial charge >= 0.3 is 5.97 Å². The standard InChI is InChI=1S/C16H16INO5S2/c1-4-22-11-6-9(7-12-15(20)18(2)16(24)25-12)5-10(17)14(11)23-8-13(19)21-3/h5-7H,4,8H2,1-3H3/b12-7-. The summed E-state index contributed by atoms with van der Waals surface area (Å²) < 4.78 is 17.0. The van der Waals surface area contributed by atoms with Gasteiger partial charge in [0.05, 0.1) is 22.2 Å². The van der Waals surface area contributed by atoms with E-state index in [4.69, 9.17) is 21.7 Å². The summed E-state index contributed by atoms with van der Waals surface area (Å²) in [5, 5.41) is 0. The lowest BCUT2D eigenvalue weighted by molar-refractivity contribution is -0.143. The number of amides is 1. The molecular formula is C16H16INO5S2. The summed E-state index contributed by atoms with van der Waals surface area (Å²) in [6.07, 6.45) is 1.76. The summed E-state index contributed by atoms with van der Waals surface area (Å²) in [5.74, 6) is 0.354. The molecule has 0 bridgehead atoms. The van der Waals surface area contributed by atoms with Crippen LogP contribution in [0.3, 0.4) is 0 Å². The number of benzene rings is 1. The molecule has 0 spiro atoms. The van der Waals surface area contributed by atoms with E-state index in [9.17, 15) is 9.59 Å². The number of ether oxygens (including phenoxy) is 3. The van der Waals surface area contributed by atoms with Gasteiger partial charge in [-0.25, -0.2) is 4.79 Å². The molecule has 1 heterocycles. The van der Waals surface area contributed by atoms with Crippen molar-refractivity contribution in [3.05, 3.63) is 26.2 Å². The Labute approximate surface area is 169 Å². The zero-order valence-corrected chi connectivity index (χ0v) is 17.6.